The van der Waals surface area contributed by atoms with E-state index in [-0.39, 0.29) is 6.54 Å². The minimum Gasteiger partial charge on any atom is -0.497 e. The first kappa shape index (κ1) is 19.2. The number of hydrogen-bond acceptors (Lipinski definition) is 6. The molecule has 1 heterocycles. The van der Waals surface area contributed by atoms with Gasteiger partial charge in [-0.1, -0.05) is 0 Å². The molecule has 2 N–H and O–H groups in total. The predicted molar refractivity (Wildman–Crippen MR) is 93.3 cm³/mol. The highest BCUT2D eigenvalue weighted by atomic mass is 16.6. The van der Waals surface area contributed by atoms with Crippen LogP contribution in [0.15, 0.2) is 29.2 Å². The van der Waals surface area contributed by atoms with Gasteiger partial charge in [-0.25, -0.2) is 14.6 Å². The summed E-state index contributed by atoms with van der Waals surface area (Å²) < 4.78 is 11.4. The zero-order chi connectivity index (χ0) is 19.5. The van der Waals surface area contributed by atoms with Crippen LogP contribution in [-0.4, -0.2) is 45.5 Å². The number of hydrogen-bond donors (Lipinski definition) is 2. The lowest BCUT2D eigenvalue weighted by Gasteiger charge is -2.22. The summed E-state index contributed by atoms with van der Waals surface area (Å²) in [4.78, 5) is 39.7. The first-order valence-corrected chi connectivity index (χ1v) is 7.86. The Bertz CT molecular complexity index is 884. The van der Waals surface area contributed by atoms with Gasteiger partial charge in [-0.05, 0) is 32.9 Å². The molecule has 0 aliphatic rings. The van der Waals surface area contributed by atoms with Gasteiger partial charge in [0.2, 0.25) is 0 Å². The van der Waals surface area contributed by atoms with Crippen LogP contribution in [0.1, 0.15) is 20.8 Å². The van der Waals surface area contributed by atoms with E-state index in [0.717, 1.165) is 6.20 Å². The van der Waals surface area contributed by atoms with Gasteiger partial charge in [0.05, 0.1) is 30.9 Å². The third-order valence-corrected chi connectivity index (χ3v) is 3.41. The third-order valence-electron chi connectivity index (χ3n) is 3.41. The number of carbonyl (C=O) groups excluding carboxylic acids is 1. The summed E-state index contributed by atoms with van der Waals surface area (Å²) in [6, 6.07) is 3.55. The highest BCUT2D eigenvalue weighted by molar-refractivity contribution is 5.81. The topological polar surface area (TPSA) is 120 Å². The van der Waals surface area contributed by atoms with E-state index in [9.17, 15) is 19.5 Å². The number of ether oxygens (including phenoxy) is 2. The molecule has 0 fully saturated rings. The maximum absolute atomic E-state index is 12.2. The standard InChI is InChI=1S/C17H21N3O6/c1-17(2,3)26-16(24)19-12(15(22)23)9-20-13-7-10(25-4)5-6-11(13)18-8-14(20)21/h5-8,12H,9H2,1-4H3,(H,19,24)(H,22,23)/t12-/m0/s1. The molecule has 9 nitrogen and oxygen atoms in total. The average Bonchev–Trinajstić information content (AvgIpc) is 2.54. The van der Waals surface area contributed by atoms with Crippen molar-refractivity contribution in [3.63, 3.8) is 0 Å². The number of nitrogens with zero attached hydrogens (tertiary/aromatic N) is 2. The van der Waals surface area contributed by atoms with Crippen molar-refractivity contribution in [2.24, 2.45) is 0 Å². The smallest absolute Gasteiger partial charge is 0.408 e. The monoisotopic (exact) mass is 363 g/mol. The number of aliphatic carboxylic acids is 1. The molecule has 0 bridgehead atoms. The van der Waals surface area contributed by atoms with Gasteiger partial charge in [0.1, 0.15) is 17.4 Å². The second-order valence-corrected chi connectivity index (χ2v) is 6.60. The molecule has 0 unspecified atom stereocenters. The fourth-order valence-electron chi connectivity index (χ4n) is 2.27. The summed E-state index contributed by atoms with van der Waals surface area (Å²) in [5, 5.41) is 11.7. The molecule has 9 heteroatoms. The quantitative estimate of drug-likeness (QED) is 0.823. The maximum atomic E-state index is 12.2. The number of nitrogens with one attached hydrogen (secondary N) is 1. The van der Waals surface area contributed by atoms with Crippen molar-refractivity contribution in [2.45, 2.75) is 39.0 Å². The van der Waals surface area contributed by atoms with Crippen LogP contribution in [0.3, 0.4) is 0 Å². The van der Waals surface area contributed by atoms with Crippen molar-refractivity contribution in [1.82, 2.24) is 14.9 Å². The molecule has 0 aliphatic carbocycles. The van der Waals surface area contributed by atoms with Gasteiger partial charge in [0, 0.05) is 6.07 Å². The van der Waals surface area contributed by atoms with Crippen LogP contribution < -0.4 is 15.6 Å². The lowest BCUT2D eigenvalue weighted by Crippen LogP contribution is -2.47. The van der Waals surface area contributed by atoms with E-state index in [2.05, 4.69) is 10.3 Å². The minimum absolute atomic E-state index is 0.292. The number of fused-ring (bicyclic) bond motifs is 1. The fraction of sp³-hybridized carbons (Fsp3) is 0.412. The summed E-state index contributed by atoms with van der Waals surface area (Å²) in [5.41, 5.74) is -0.385. The zero-order valence-electron chi connectivity index (χ0n) is 15.0. The van der Waals surface area contributed by atoms with Crippen molar-refractivity contribution in [3.05, 3.63) is 34.7 Å². The molecule has 1 atom stereocenters. The van der Waals surface area contributed by atoms with Crippen molar-refractivity contribution >= 4 is 23.1 Å². The van der Waals surface area contributed by atoms with Crippen LogP contribution in [0.2, 0.25) is 0 Å². The summed E-state index contributed by atoms with van der Waals surface area (Å²) in [5.74, 6) is -0.804. The predicted octanol–water partition coefficient (Wildman–Crippen LogP) is 1.38. The highest BCUT2D eigenvalue weighted by Crippen LogP contribution is 2.18. The molecule has 140 valence electrons. The van der Waals surface area contributed by atoms with Gasteiger partial charge >= 0.3 is 12.1 Å². The van der Waals surface area contributed by atoms with E-state index in [1.165, 1.54) is 11.7 Å². The lowest BCUT2D eigenvalue weighted by molar-refractivity contribution is -0.139. The van der Waals surface area contributed by atoms with Crippen LogP contribution in [-0.2, 0) is 16.1 Å². The maximum Gasteiger partial charge on any atom is 0.408 e. The number of carbonyl (C=O) groups is 2. The Morgan fingerprint density at radius 3 is 2.62 bits per heavy atom. The number of carboxylic acid groups (broad SMARTS) is 1. The van der Waals surface area contributed by atoms with Gasteiger partial charge in [-0.2, -0.15) is 0 Å². The van der Waals surface area contributed by atoms with Gasteiger partial charge in [-0.3, -0.25) is 4.79 Å². The van der Waals surface area contributed by atoms with E-state index >= 15 is 0 Å². The summed E-state index contributed by atoms with van der Waals surface area (Å²) in [6.07, 6.45) is 0.218. The Morgan fingerprint density at radius 2 is 2.04 bits per heavy atom. The van der Waals surface area contributed by atoms with Crippen molar-refractivity contribution in [2.75, 3.05) is 7.11 Å². The van der Waals surface area contributed by atoms with Crippen LogP contribution >= 0.6 is 0 Å². The van der Waals surface area contributed by atoms with Crippen LogP contribution in [0.25, 0.3) is 11.0 Å². The van der Waals surface area contributed by atoms with Crippen molar-refractivity contribution < 1.29 is 24.2 Å². The molecule has 2 aromatic rings. The van der Waals surface area contributed by atoms with E-state index < -0.39 is 29.3 Å². The fourth-order valence-corrected chi connectivity index (χ4v) is 2.27. The molecular weight excluding hydrogens is 342 g/mol. The molecular formula is C17H21N3O6. The van der Waals surface area contributed by atoms with Gasteiger partial charge in [-0.15, -0.1) is 0 Å². The molecule has 1 aromatic heterocycles. The van der Waals surface area contributed by atoms with Gasteiger partial charge in [0.15, 0.2) is 0 Å². The third kappa shape index (κ3) is 4.71. The number of aromatic nitrogens is 2. The minimum atomic E-state index is -1.36. The van der Waals surface area contributed by atoms with E-state index in [0.29, 0.717) is 16.8 Å². The van der Waals surface area contributed by atoms with Gasteiger partial charge in [0.25, 0.3) is 5.56 Å². The SMILES string of the molecule is COc1ccc2ncc(=O)n(C[C@H](NC(=O)OC(C)(C)C)C(=O)O)c2c1. The molecule has 1 aromatic carbocycles. The first-order valence-electron chi connectivity index (χ1n) is 7.86. The molecule has 26 heavy (non-hydrogen) atoms. The van der Waals surface area contributed by atoms with Crippen LogP contribution in [0.4, 0.5) is 4.79 Å². The molecule has 0 spiro atoms. The van der Waals surface area contributed by atoms with E-state index in [1.807, 2.05) is 0 Å². The first-order chi connectivity index (χ1) is 12.1. The van der Waals surface area contributed by atoms with Crippen LogP contribution in [0, 0.1) is 0 Å². The summed E-state index contributed by atoms with van der Waals surface area (Å²) in [7, 11) is 1.48. The number of amides is 1. The molecule has 0 saturated heterocycles. The van der Waals surface area contributed by atoms with Crippen LogP contribution in [0.5, 0.6) is 5.75 Å². The molecule has 0 saturated carbocycles. The lowest BCUT2D eigenvalue weighted by atomic mass is 10.2. The molecule has 0 radical (unpaired) electrons. The molecule has 2 rings (SSSR count). The van der Waals surface area contributed by atoms with E-state index in [1.54, 1.807) is 39.0 Å². The Balaban J connectivity index is 2.36. The van der Waals surface area contributed by atoms with E-state index in [4.69, 9.17) is 9.47 Å². The molecule has 0 aliphatic heterocycles. The average molecular weight is 363 g/mol. The normalized spacial score (nSPS) is 12.5. The Morgan fingerprint density at radius 1 is 1.35 bits per heavy atom. The second-order valence-electron chi connectivity index (χ2n) is 6.60. The number of methoxy groups -OCH3 is 1. The number of carboxylic acids is 1. The second kappa shape index (κ2) is 7.42. The summed E-state index contributed by atoms with van der Waals surface area (Å²) in [6.45, 7) is 4.69. The highest BCUT2D eigenvalue weighted by Gasteiger charge is 2.25. The zero-order valence-corrected chi connectivity index (χ0v) is 15.0. The number of rotatable bonds is 5. The summed E-state index contributed by atoms with van der Waals surface area (Å²) >= 11 is 0. The Labute approximate surface area is 149 Å². The Kier molecular flexibility index (Phi) is 5.49. The van der Waals surface area contributed by atoms with Gasteiger partial charge < -0.3 is 24.5 Å². The number of benzene rings is 1. The molecule has 1 amide bonds. The Hall–Kier alpha value is -3.10. The van der Waals surface area contributed by atoms with Crippen molar-refractivity contribution in [3.8, 4) is 5.75 Å². The van der Waals surface area contributed by atoms with Crippen molar-refractivity contribution in [1.29, 1.82) is 0 Å². The number of alkyl carbamates (subject to hydrolysis) is 1. The largest absolute Gasteiger partial charge is 0.497 e.